The van der Waals surface area contributed by atoms with Gasteiger partial charge in [0.2, 0.25) is 0 Å². The highest BCUT2D eigenvalue weighted by atomic mass is 35.5. The molecule has 0 spiro atoms. The molecule has 0 aromatic heterocycles. The first kappa shape index (κ1) is 15.0. The summed E-state index contributed by atoms with van der Waals surface area (Å²) < 4.78 is 19.2. The van der Waals surface area contributed by atoms with Crippen LogP contribution in [0.5, 0.6) is 5.75 Å². The van der Waals surface area contributed by atoms with Crippen LogP contribution in [0.25, 0.3) is 0 Å². The maximum Gasteiger partial charge on any atom is 0.145 e. The number of rotatable bonds is 5. The highest BCUT2D eigenvalue weighted by Crippen LogP contribution is 2.32. The van der Waals surface area contributed by atoms with E-state index < -0.39 is 0 Å². The van der Waals surface area contributed by atoms with Crippen LogP contribution < -0.4 is 10.5 Å². The standard InChI is InChI=1S/C15H15ClFNOS/c1-2-19-11-6-7-13(18)14(8-11)20-9-10-4-3-5-12(16)15(10)17/h3-8H,2,9,18H2,1H3. The van der Waals surface area contributed by atoms with E-state index in [1.807, 2.05) is 19.1 Å². The zero-order valence-electron chi connectivity index (χ0n) is 11.0. The van der Waals surface area contributed by atoms with Gasteiger partial charge in [-0.3, -0.25) is 0 Å². The van der Waals surface area contributed by atoms with Crippen molar-refractivity contribution in [3.8, 4) is 5.75 Å². The maximum atomic E-state index is 13.8. The lowest BCUT2D eigenvalue weighted by molar-refractivity contribution is 0.339. The summed E-state index contributed by atoms with van der Waals surface area (Å²) >= 11 is 7.22. The van der Waals surface area contributed by atoms with Gasteiger partial charge in [-0.15, -0.1) is 11.8 Å². The molecule has 0 aliphatic heterocycles. The number of benzene rings is 2. The Morgan fingerprint density at radius 1 is 1.30 bits per heavy atom. The second kappa shape index (κ2) is 6.86. The molecular formula is C15H15ClFNOS. The van der Waals surface area contributed by atoms with Gasteiger partial charge in [0, 0.05) is 16.3 Å². The van der Waals surface area contributed by atoms with E-state index in [1.54, 1.807) is 18.2 Å². The van der Waals surface area contributed by atoms with Crippen molar-refractivity contribution in [2.75, 3.05) is 12.3 Å². The molecule has 2 N–H and O–H groups in total. The van der Waals surface area contributed by atoms with Crippen LogP contribution in [0.1, 0.15) is 12.5 Å². The molecular weight excluding hydrogens is 297 g/mol. The van der Waals surface area contributed by atoms with Crippen LogP contribution in [0.2, 0.25) is 5.02 Å². The summed E-state index contributed by atoms with van der Waals surface area (Å²) in [6, 6.07) is 10.5. The minimum Gasteiger partial charge on any atom is -0.494 e. The summed E-state index contributed by atoms with van der Waals surface area (Å²) in [6.45, 7) is 2.52. The van der Waals surface area contributed by atoms with Gasteiger partial charge in [0.05, 0.1) is 11.6 Å². The molecule has 0 fully saturated rings. The molecule has 0 radical (unpaired) electrons. The molecule has 0 saturated carbocycles. The minimum atomic E-state index is -0.374. The van der Waals surface area contributed by atoms with E-state index in [2.05, 4.69) is 0 Å². The topological polar surface area (TPSA) is 35.2 Å². The van der Waals surface area contributed by atoms with Gasteiger partial charge < -0.3 is 10.5 Å². The van der Waals surface area contributed by atoms with Gasteiger partial charge in [-0.25, -0.2) is 4.39 Å². The SMILES string of the molecule is CCOc1ccc(N)c(SCc2cccc(Cl)c2F)c1. The van der Waals surface area contributed by atoms with Crippen molar-refractivity contribution < 1.29 is 9.13 Å². The van der Waals surface area contributed by atoms with E-state index in [1.165, 1.54) is 17.8 Å². The summed E-state index contributed by atoms with van der Waals surface area (Å²) in [7, 11) is 0. The highest BCUT2D eigenvalue weighted by molar-refractivity contribution is 7.98. The average Bonchev–Trinajstić information content (AvgIpc) is 2.44. The molecule has 5 heteroatoms. The van der Waals surface area contributed by atoms with Crippen LogP contribution in [-0.4, -0.2) is 6.61 Å². The normalized spacial score (nSPS) is 10.6. The third-order valence-electron chi connectivity index (χ3n) is 2.71. The molecule has 106 valence electrons. The van der Waals surface area contributed by atoms with Gasteiger partial charge in [0.25, 0.3) is 0 Å². The Kier molecular flexibility index (Phi) is 5.15. The quantitative estimate of drug-likeness (QED) is 0.639. The molecule has 0 bridgehead atoms. The molecule has 0 unspecified atom stereocenters. The Labute approximate surface area is 127 Å². The van der Waals surface area contributed by atoms with E-state index in [0.29, 0.717) is 23.6 Å². The first-order chi connectivity index (χ1) is 9.61. The summed E-state index contributed by atoms with van der Waals surface area (Å²) in [5.74, 6) is 0.851. The summed E-state index contributed by atoms with van der Waals surface area (Å²) in [5.41, 5.74) is 7.13. The Hall–Kier alpha value is -1.39. The zero-order valence-corrected chi connectivity index (χ0v) is 12.6. The van der Waals surface area contributed by atoms with Gasteiger partial charge in [-0.05, 0) is 36.8 Å². The largest absolute Gasteiger partial charge is 0.494 e. The van der Waals surface area contributed by atoms with E-state index in [9.17, 15) is 4.39 Å². The van der Waals surface area contributed by atoms with Crippen LogP contribution in [0.3, 0.4) is 0 Å². The van der Waals surface area contributed by atoms with E-state index in [0.717, 1.165) is 10.6 Å². The van der Waals surface area contributed by atoms with Gasteiger partial charge in [-0.2, -0.15) is 0 Å². The molecule has 2 aromatic rings. The maximum absolute atomic E-state index is 13.8. The van der Waals surface area contributed by atoms with Crippen molar-refractivity contribution >= 4 is 29.1 Å². The van der Waals surface area contributed by atoms with E-state index in [4.69, 9.17) is 22.1 Å². The predicted octanol–water partition coefficient (Wildman–Crippen LogP) is 4.75. The third kappa shape index (κ3) is 3.58. The van der Waals surface area contributed by atoms with E-state index >= 15 is 0 Å². The number of nitrogens with two attached hydrogens (primary N) is 1. The molecule has 0 atom stereocenters. The van der Waals surface area contributed by atoms with Gasteiger partial charge in [-0.1, -0.05) is 23.7 Å². The average molecular weight is 312 g/mol. The lowest BCUT2D eigenvalue weighted by Crippen LogP contribution is -1.95. The number of nitrogen functional groups attached to an aromatic ring is 1. The molecule has 2 nitrogen and oxygen atoms in total. The molecule has 0 heterocycles. The molecule has 0 aliphatic rings. The van der Waals surface area contributed by atoms with Crippen LogP contribution in [-0.2, 0) is 5.75 Å². The van der Waals surface area contributed by atoms with Crippen molar-refractivity contribution in [1.82, 2.24) is 0 Å². The first-order valence-corrected chi connectivity index (χ1v) is 7.56. The summed E-state index contributed by atoms with van der Waals surface area (Å²) in [4.78, 5) is 0.871. The third-order valence-corrected chi connectivity index (χ3v) is 4.12. The Morgan fingerprint density at radius 2 is 2.10 bits per heavy atom. The fraction of sp³-hybridized carbons (Fsp3) is 0.200. The number of anilines is 1. The first-order valence-electron chi connectivity index (χ1n) is 6.19. The summed E-state index contributed by atoms with van der Waals surface area (Å²) in [5, 5.41) is 0.138. The zero-order chi connectivity index (χ0) is 14.5. The van der Waals surface area contributed by atoms with Crippen LogP contribution in [0.15, 0.2) is 41.3 Å². The number of hydrogen-bond donors (Lipinski definition) is 1. The second-order valence-electron chi connectivity index (χ2n) is 4.13. The highest BCUT2D eigenvalue weighted by Gasteiger charge is 2.08. The molecule has 0 amide bonds. The number of hydrogen-bond acceptors (Lipinski definition) is 3. The predicted molar refractivity (Wildman–Crippen MR) is 83.0 cm³/mol. The van der Waals surface area contributed by atoms with Gasteiger partial charge >= 0.3 is 0 Å². The smallest absolute Gasteiger partial charge is 0.145 e. The lowest BCUT2D eigenvalue weighted by atomic mass is 10.2. The second-order valence-corrected chi connectivity index (χ2v) is 5.56. The van der Waals surface area contributed by atoms with Crippen molar-refractivity contribution in [1.29, 1.82) is 0 Å². The van der Waals surface area contributed by atoms with Crippen molar-refractivity contribution in [3.05, 3.63) is 52.8 Å². The van der Waals surface area contributed by atoms with Gasteiger partial charge in [0.15, 0.2) is 0 Å². The monoisotopic (exact) mass is 311 g/mol. The van der Waals surface area contributed by atoms with Crippen LogP contribution >= 0.6 is 23.4 Å². The fourth-order valence-corrected chi connectivity index (χ4v) is 2.87. The lowest BCUT2D eigenvalue weighted by Gasteiger charge is -2.09. The van der Waals surface area contributed by atoms with Crippen molar-refractivity contribution in [2.24, 2.45) is 0 Å². The van der Waals surface area contributed by atoms with Crippen molar-refractivity contribution in [2.45, 2.75) is 17.6 Å². The Bertz CT molecular complexity index is 606. The van der Waals surface area contributed by atoms with Crippen LogP contribution in [0.4, 0.5) is 10.1 Å². The molecule has 0 saturated heterocycles. The molecule has 0 aliphatic carbocycles. The number of ether oxygens (including phenoxy) is 1. The minimum absolute atomic E-state index is 0.138. The van der Waals surface area contributed by atoms with Crippen molar-refractivity contribution in [3.63, 3.8) is 0 Å². The molecule has 2 rings (SSSR count). The van der Waals surface area contributed by atoms with Gasteiger partial charge in [0.1, 0.15) is 11.6 Å². The number of halogens is 2. The Morgan fingerprint density at radius 3 is 2.85 bits per heavy atom. The summed E-state index contributed by atoms with van der Waals surface area (Å²) in [6.07, 6.45) is 0. The fourth-order valence-electron chi connectivity index (χ4n) is 1.71. The molecule has 2 aromatic carbocycles. The van der Waals surface area contributed by atoms with Crippen LogP contribution in [0, 0.1) is 5.82 Å². The van der Waals surface area contributed by atoms with E-state index in [-0.39, 0.29) is 10.8 Å². The number of thioether (sulfide) groups is 1. The molecule has 20 heavy (non-hydrogen) atoms. The Balaban J connectivity index is 2.14.